The molecule has 7 heteroatoms. The molecule has 0 spiro atoms. The van der Waals surface area contributed by atoms with Crippen LogP contribution in [0.2, 0.25) is 5.02 Å². The van der Waals surface area contributed by atoms with Gasteiger partial charge in [-0.2, -0.15) is 4.98 Å². The molecule has 6 nitrogen and oxygen atoms in total. The van der Waals surface area contributed by atoms with Crippen LogP contribution in [-0.4, -0.2) is 28.3 Å². The molecule has 0 fully saturated rings. The van der Waals surface area contributed by atoms with Crippen LogP contribution in [0.1, 0.15) is 10.6 Å². The third-order valence-corrected chi connectivity index (χ3v) is 2.24. The maximum Gasteiger partial charge on any atom is 0.377 e. The first-order valence-electron chi connectivity index (χ1n) is 4.52. The summed E-state index contributed by atoms with van der Waals surface area (Å²) >= 11 is 5.83. The Morgan fingerprint density at radius 3 is 2.88 bits per heavy atom. The minimum absolute atomic E-state index is 0.0433. The maximum atomic E-state index is 10.6. The lowest BCUT2D eigenvalue weighted by molar-refractivity contribution is 0.0680. The molecule has 0 saturated heterocycles. The average molecular weight is 255 g/mol. The molecule has 88 valence electrons. The number of hydrogen-bond acceptors (Lipinski definition) is 5. The molecule has 0 aliphatic carbocycles. The molecule has 0 bridgehead atoms. The first-order chi connectivity index (χ1) is 8.11. The second kappa shape index (κ2) is 4.42. The van der Waals surface area contributed by atoms with Crippen molar-refractivity contribution in [3.05, 3.63) is 29.0 Å². The molecule has 1 heterocycles. The van der Waals surface area contributed by atoms with Crippen LogP contribution in [0, 0.1) is 0 Å². The molecule has 1 aromatic carbocycles. The number of aromatic nitrogens is 2. The van der Waals surface area contributed by atoms with Gasteiger partial charge in [0, 0.05) is 5.02 Å². The summed E-state index contributed by atoms with van der Waals surface area (Å²) in [5.41, 5.74) is 0.444. The van der Waals surface area contributed by atoms with Crippen LogP contribution in [0.3, 0.4) is 0 Å². The fourth-order valence-electron chi connectivity index (χ4n) is 1.27. The minimum atomic E-state index is -1.26. The summed E-state index contributed by atoms with van der Waals surface area (Å²) in [5, 5.41) is 12.5. The molecule has 2 rings (SSSR count). The number of methoxy groups -OCH3 is 1. The van der Waals surface area contributed by atoms with Crippen molar-refractivity contribution in [1.82, 2.24) is 10.1 Å². The highest BCUT2D eigenvalue weighted by Gasteiger charge is 2.17. The lowest BCUT2D eigenvalue weighted by Gasteiger charge is -2.04. The SMILES string of the molecule is COc1ccc(Cl)cc1-c1nc(C(=O)O)no1. The highest BCUT2D eigenvalue weighted by atomic mass is 35.5. The number of halogens is 1. The predicted octanol–water partition coefficient (Wildman–Crippen LogP) is 2.10. The minimum Gasteiger partial charge on any atom is -0.496 e. The summed E-state index contributed by atoms with van der Waals surface area (Å²) in [6.07, 6.45) is 0. The third-order valence-electron chi connectivity index (χ3n) is 2.01. The van der Waals surface area contributed by atoms with Crippen LogP contribution in [0.4, 0.5) is 0 Å². The lowest BCUT2D eigenvalue weighted by Crippen LogP contribution is -1.98. The van der Waals surface area contributed by atoms with E-state index in [1.54, 1.807) is 18.2 Å². The van der Waals surface area contributed by atoms with Gasteiger partial charge in [-0.05, 0) is 23.4 Å². The van der Waals surface area contributed by atoms with Crippen LogP contribution in [-0.2, 0) is 0 Å². The molecule has 0 aliphatic rings. The molecule has 0 aliphatic heterocycles. The predicted molar refractivity (Wildman–Crippen MR) is 58.3 cm³/mol. The van der Waals surface area contributed by atoms with Crippen LogP contribution >= 0.6 is 11.6 Å². The van der Waals surface area contributed by atoms with E-state index in [-0.39, 0.29) is 5.89 Å². The summed E-state index contributed by atoms with van der Waals surface area (Å²) in [4.78, 5) is 14.3. The Bertz CT molecular complexity index is 567. The van der Waals surface area contributed by atoms with E-state index in [2.05, 4.69) is 10.1 Å². The monoisotopic (exact) mass is 254 g/mol. The molecule has 0 atom stereocenters. The summed E-state index contributed by atoms with van der Waals surface area (Å²) in [5.74, 6) is -1.17. The van der Waals surface area contributed by atoms with Gasteiger partial charge in [0.05, 0.1) is 12.7 Å². The van der Waals surface area contributed by atoms with Gasteiger partial charge >= 0.3 is 5.97 Å². The standard InChI is InChI=1S/C10H7ClN2O4/c1-16-7-3-2-5(11)4-6(7)9-12-8(10(14)15)13-17-9/h2-4H,1H3,(H,14,15). The average Bonchev–Trinajstić information content (AvgIpc) is 2.78. The normalized spacial score (nSPS) is 10.2. The van der Waals surface area contributed by atoms with E-state index in [1.807, 2.05) is 0 Å². The smallest absolute Gasteiger partial charge is 0.377 e. The number of hydrogen-bond donors (Lipinski definition) is 1. The molecule has 0 unspecified atom stereocenters. The van der Waals surface area contributed by atoms with Gasteiger partial charge in [-0.15, -0.1) is 0 Å². The van der Waals surface area contributed by atoms with E-state index in [1.165, 1.54) is 7.11 Å². The van der Waals surface area contributed by atoms with E-state index < -0.39 is 11.8 Å². The van der Waals surface area contributed by atoms with Crippen molar-refractivity contribution in [1.29, 1.82) is 0 Å². The van der Waals surface area contributed by atoms with Gasteiger partial charge in [-0.3, -0.25) is 0 Å². The van der Waals surface area contributed by atoms with Crippen molar-refractivity contribution in [3.8, 4) is 17.2 Å². The van der Waals surface area contributed by atoms with Gasteiger partial charge in [0.15, 0.2) is 0 Å². The molecule has 0 saturated carbocycles. The Hall–Kier alpha value is -2.08. The molecule has 1 aromatic heterocycles. The number of benzene rings is 1. The fraction of sp³-hybridized carbons (Fsp3) is 0.100. The molecular formula is C10H7ClN2O4. The maximum absolute atomic E-state index is 10.6. The van der Waals surface area contributed by atoms with Gasteiger partial charge in [0.25, 0.3) is 11.7 Å². The van der Waals surface area contributed by atoms with E-state index in [9.17, 15) is 4.79 Å². The van der Waals surface area contributed by atoms with Crippen LogP contribution in [0.5, 0.6) is 5.75 Å². The number of ether oxygens (including phenoxy) is 1. The van der Waals surface area contributed by atoms with Crippen LogP contribution < -0.4 is 4.74 Å². The zero-order valence-electron chi connectivity index (χ0n) is 8.68. The zero-order chi connectivity index (χ0) is 12.4. The van der Waals surface area contributed by atoms with Gasteiger partial charge < -0.3 is 14.4 Å². The van der Waals surface area contributed by atoms with Crippen molar-refractivity contribution < 1.29 is 19.2 Å². The summed E-state index contributed by atoms with van der Waals surface area (Å²) in [7, 11) is 1.47. The molecule has 0 amide bonds. The lowest BCUT2D eigenvalue weighted by atomic mass is 10.2. The van der Waals surface area contributed by atoms with Crippen molar-refractivity contribution in [2.45, 2.75) is 0 Å². The Morgan fingerprint density at radius 2 is 2.29 bits per heavy atom. The van der Waals surface area contributed by atoms with E-state index in [0.717, 1.165) is 0 Å². The Kier molecular flexibility index (Phi) is 2.97. The molecular weight excluding hydrogens is 248 g/mol. The molecule has 17 heavy (non-hydrogen) atoms. The molecule has 0 radical (unpaired) electrons. The first-order valence-corrected chi connectivity index (χ1v) is 4.90. The van der Waals surface area contributed by atoms with Crippen molar-refractivity contribution in [2.75, 3.05) is 7.11 Å². The number of nitrogens with zero attached hydrogens (tertiary/aromatic N) is 2. The van der Waals surface area contributed by atoms with Crippen molar-refractivity contribution >= 4 is 17.6 Å². The van der Waals surface area contributed by atoms with Crippen LogP contribution in [0.25, 0.3) is 11.5 Å². The Labute approximate surface area is 101 Å². The number of rotatable bonds is 3. The number of carboxylic acids is 1. The van der Waals surface area contributed by atoms with Gasteiger partial charge in [-0.25, -0.2) is 4.79 Å². The number of aromatic carboxylic acids is 1. The Balaban J connectivity index is 2.51. The highest BCUT2D eigenvalue weighted by molar-refractivity contribution is 6.30. The molecule has 2 aromatic rings. The first kappa shape index (κ1) is 11.4. The topological polar surface area (TPSA) is 85.5 Å². The number of carbonyl (C=O) groups is 1. The summed E-state index contributed by atoms with van der Waals surface area (Å²) in [6, 6.07) is 4.82. The van der Waals surface area contributed by atoms with Gasteiger partial charge in [0.1, 0.15) is 5.75 Å². The third kappa shape index (κ3) is 2.21. The van der Waals surface area contributed by atoms with E-state index in [0.29, 0.717) is 16.3 Å². The quantitative estimate of drug-likeness (QED) is 0.903. The second-order valence-corrected chi connectivity index (χ2v) is 3.51. The fourth-order valence-corrected chi connectivity index (χ4v) is 1.44. The van der Waals surface area contributed by atoms with Gasteiger partial charge in [-0.1, -0.05) is 11.6 Å². The zero-order valence-corrected chi connectivity index (χ0v) is 9.43. The van der Waals surface area contributed by atoms with Gasteiger partial charge in [0.2, 0.25) is 0 Å². The second-order valence-electron chi connectivity index (χ2n) is 3.07. The Morgan fingerprint density at radius 1 is 1.53 bits per heavy atom. The highest BCUT2D eigenvalue weighted by Crippen LogP contribution is 2.31. The van der Waals surface area contributed by atoms with Crippen LogP contribution in [0.15, 0.2) is 22.7 Å². The largest absolute Gasteiger partial charge is 0.496 e. The summed E-state index contributed by atoms with van der Waals surface area (Å²) < 4.78 is 9.92. The van der Waals surface area contributed by atoms with Crippen molar-refractivity contribution in [3.63, 3.8) is 0 Å². The summed E-state index contributed by atoms with van der Waals surface area (Å²) in [6.45, 7) is 0. The van der Waals surface area contributed by atoms with E-state index in [4.69, 9.17) is 26.0 Å². The number of carboxylic acid groups (broad SMARTS) is 1. The van der Waals surface area contributed by atoms with Crippen molar-refractivity contribution in [2.24, 2.45) is 0 Å². The molecule has 1 N–H and O–H groups in total. The van der Waals surface area contributed by atoms with E-state index >= 15 is 0 Å².